The minimum atomic E-state index is -0.618. The van der Waals surface area contributed by atoms with Crippen molar-refractivity contribution in [2.75, 3.05) is 5.32 Å². The van der Waals surface area contributed by atoms with E-state index in [1.807, 2.05) is 18.2 Å². The average Bonchev–Trinajstić information content (AvgIpc) is 3.49. The maximum atomic E-state index is 13.7. The second-order valence-electron chi connectivity index (χ2n) is 10.5. The summed E-state index contributed by atoms with van der Waals surface area (Å²) in [7, 11) is 0. The van der Waals surface area contributed by atoms with Crippen LogP contribution in [0.3, 0.4) is 0 Å². The highest BCUT2D eigenvalue weighted by molar-refractivity contribution is 6.10. The van der Waals surface area contributed by atoms with Crippen LogP contribution in [0.2, 0.25) is 0 Å². The van der Waals surface area contributed by atoms with Crippen LogP contribution in [-0.4, -0.2) is 16.4 Å². The minimum absolute atomic E-state index is 0.00156. The van der Waals surface area contributed by atoms with Crippen LogP contribution in [0, 0.1) is 11.6 Å². The summed E-state index contributed by atoms with van der Waals surface area (Å²) in [6.07, 6.45) is 5.37. The molecule has 0 saturated heterocycles. The largest absolute Gasteiger partial charge is 0.382 e. The van der Waals surface area contributed by atoms with E-state index in [0.29, 0.717) is 18.2 Å². The Kier molecular flexibility index (Phi) is 7.40. The van der Waals surface area contributed by atoms with E-state index in [9.17, 15) is 13.6 Å². The van der Waals surface area contributed by atoms with Gasteiger partial charge in [-0.1, -0.05) is 63.1 Å². The molecule has 0 bridgehead atoms. The van der Waals surface area contributed by atoms with Crippen LogP contribution in [-0.2, 0) is 13.0 Å². The molecule has 1 heterocycles. The Morgan fingerprint density at radius 1 is 0.946 bits per heavy atom. The highest BCUT2D eigenvalue weighted by Crippen LogP contribution is 2.35. The molecule has 3 nitrogen and oxygen atoms in total. The third-order valence-corrected chi connectivity index (χ3v) is 7.40. The van der Waals surface area contributed by atoms with Gasteiger partial charge < -0.3 is 9.88 Å². The number of fused-ring (bicyclic) bond motifs is 1. The molecule has 1 fully saturated rings. The van der Waals surface area contributed by atoms with E-state index in [2.05, 4.69) is 54.1 Å². The lowest BCUT2D eigenvalue weighted by Crippen LogP contribution is -2.14. The van der Waals surface area contributed by atoms with Crippen LogP contribution >= 0.6 is 0 Å². The number of anilines is 1. The van der Waals surface area contributed by atoms with Crippen LogP contribution in [0.5, 0.6) is 0 Å². The Balaban J connectivity index is 1.56. The lowest BCUT2D eigenvalue weighted by Gasteiger charge is -2.16. The summed E-state index contributed by atoms with van der Waals surface area (Å²) in [5, 5.41) is 4.64. The van der Waals surface area contributed by atoms with E-state index in [-0.39, 0.29) is 24.5 Å². The van der Waals surface area contributed by atoms with Crippen molar-refractivity contribution < 1.29 is 13.6 Å². The number of nitrogens with one attached hydrogen (secondary N) is 1. The number of carbonyl (C=O) groups excluding carboxylic acids is 1. The van der Waals surface area contributed by atoms with E-state index in [0.717, 1.165) is 33.9 Å². The zero-order chi connectivity index (χ0) is 25.9. The Morgan fingerprint density at radius 3 is 2.32 bits per heavy atom. The van der Waals surface area contributed by atoms with E-state index in [4.69, 9.17) is 0 Å². The monoisotopic (exact) mass is 500 g/mol. The molecular weight excluding hydrogens is 466 g/mol. The molecule has 1 N–H and O–H groups in total. The smallest absolute Gasteiger partial charge is 0.165 e. The fraction of sp³-hybridized carbons (Fsp3) is 0.344. The number of hydrogen-bond donors (Lipinski definition) is 1. The number of carbonyl (C=O) groups is 1. The standard InChI is InChI=1S/C32H34F2N2O/c1-21(2)32-31(30(37)15-12-23-16-24(33)18-25(34)17-23)28-14-13-27(35-26-10-6-7-11-26)19-29(28)36(32)20-22-8-4-3-5-9-22/h3-5,8-9,13-14,16-19,21,26,35H,6-7,10-12,15,20H2,1-2H3. The maximum Gasteiger partial charge on any atom is 0.165 e. The Labute approximate surface area is 217 Å². The van der Waals surface area contributed by atoms with Gasteiger partial charge in [-0.2, -0.15) is 0 Å². The second kappa shape index (κ2) is 10.9. The van der Waals surface area contributed by atoms with Crippen LogP contribution in [0.4, 0.5) is 14.5 Å². The maximum absolute atomic E-state index is 13.7. The molecule has 0 radical (unpaired) electrons. The molecule has 37 heavy (non-hydrogen) atoms. The van der Waals surface area contributed by atoms with Gasteiger partial charge in [-0.15, -0.1) is 0 Å². The lowest BCUT2D eigenvalue weighted by atomic mass is 9.96. The molecule has 192 valence electrons. The first-order valence-electron chi connectivity index (χ1n) is 13.3. The number of rotatable bonds is 9. The molecule has 1 aliphatic carbocycles. The third-order valence-electron chi connectivity index (χ3n) is 7.40. The molecule has 1 aliphatic rings. The minimum Gasteiger partial charge on any atom is -0.382 e. The first kappa shape index (κ1) is 25.2. The SMILES string of the molecule is CC(C)c1c(C(=O)CCc2cc(F)cc(F)c2)c2ccc(NC3CCCC3)cc2n1Cc1ccccc1. The van der Waals surface area contributed by atoms with Crippen molar-refractivity contribution >= 4 is 22.4 Å². The second-order valence-corrected chi connectivity index (χ2v) is 10.5. The molecular formula is C32H34F2N2O. The first-order valence-corrected chi connectivity index (χ1v) is 13.3. The number of Topliss-reactive ketones (excluding diaryl/α,β-unsaturated/α-hetero) is 1. The van der Waals surface area contributed by atoms with E-state index in [1.165, 1.54) is 43.4 Å². The highest BCUT2D eigenvalue weighted by atomic mass is 19.1. The number of nitrogens with zero attached hydrogens (tertiary/aromatic N) is 1. The molecule has 5 heteroatoms. The van der Waals surface area contributed by atoms with Gasteiger partial charge in [0, 0.05) is 47.4 Å². The molecule has 0 spiro atoms. The molecule has 1 aromatic heterocycles. The first-order chi connectivity index (χ1) is 17.9. The summed E-state index contributed by atoms with van der Waals surface area (Å²) in [5.41, 5.74) is 5.52. The fourth-order valence-corrected chi connectivity index (χ4v) is 5.73. The highest BCUT2D eigenvalue weighted by Gasteiger charge is 2.25. The van der Waals surface area contributed by atoms with Crippen molar-refractivity contribution in [1.82, 2.24) is 4.57 Å². The number of benzene rings is 3. The van der Waals surface area contributed by atoms with Crippen LogP contribution < -0.4 is 5.32 Å². The van der Waals surface area contributed by atoms with E-state index < -0.39 is 11.6 Å². The summed E-state index contributed by atoms with van der Waals surface area (Å²) >= 11 is 0. The van der Waals surface area contributed by atoms with E-state index >= 15 is 0 Å². The topological polar surface area (TPSA) is 34.0 Å². The van der Waals surface area contributed by atoms with Gasteiger partial charge in [-0.05, 0) is 60.6 Å². The number of hydrogen-bond acceptors (Lipinski definition) is 2. The Morgan fingerprint density at radius 2 is 1.65 bits per heavy atom. The Hall–Kier alpha value is -3.47. The lowest BCUT2D eigenvalue weighted by molar-refractivity contribution is 0.0982. The predicted octanol–water partition coefficient (Wildman–Crippen LogP) is 8.26. The normalized spacial score (nSPS) is 14.1. The zero-order valence-electron chi connectivity index (χ0n) is 21.6. The molecule has 0 atom stereocenters. The van der Waals surface area contributed by atoms with Crippen molar-refractivity contribution in [3.8, 4) is 0 Å². The number of aromatic nitrogens is 1. The molecule has 5 rings (SSSR count). The van der Waals surface area contributed by atoms with Gasteiger partial charge >= 0.3 is 0 Å². The van der Waals surface area contributed by atoms with Gasteiger partial charge in [0.25, 0.3) is 0 Å². The van der Waals surface area contributed by atoms with Crippen LogP contribution in [0.15, 0.2) is 66.7 Å². The number of ketones is 1. The van der Waals surface area contributed by atoms with Crippen molar-refractivity contribution in [1.29, 1.82) is 0 Å². The van der Waals surface area contributed by atoms with E-state index in [1.54, 1.807) is 0 Å². The van der Waals surface area contributed by atoms with Crippen molar-refractivity contribution in [2.45, 2.75) is 70.9 Å². The van der Waals surface area contributed by atoms with Crippen molar-refractivity contribution in [3.63, 3.8) is 0 Å². The summed E-state index contributed by atoms with van der Waals surface area (Å²) in [6.45, 7) is 4.90. The van der Waals surface area contributed by atoms with Gasteiger partial charge in [0.05, 0.1) is 5.52 Å². The third kappa shape index (κ3) is 5.61. The quantitative estimate of drug-likeness (QED) is 0.235. The van der Waals surface area contributed by atoms with Crippen molar-refractivity contribution in [3.05, 3.63) is 101 Å². The zero-order valence-corrected chi connectivity index (χ0v) is 21.6. The average molecular weight is 501 g/mol. The molecule has 1 saturated carbocycles. The summed E-state index contributed by atoms with van der Waals surface area (Å²) in [5.74, 6) is -1.12. The van der Waals surface area contributed by atoms with Crippen LogP contribution in [0.1, 0.15) is 79.0 Å². The molecule has 0 aliphatic heterocycles. The molecule has 4 aromatic rings. The molecule has 3 aromatic carbocycles. The van der Waals surface area contributed by atoms with Gasteiger partial charge in [0.2, 0.25) is 0 Å². The molecule has 0 unspecified atom stereocenters. The fourth-order valence-electron chi connectivity index (χ4n) is 5.73. The molecule has 0 amide bonds. The summed E-state index contributed by atoms with van der Waals surface area (Å²) < 4.78 is 29.7. The van der Waals surface area contributed by atoms with Gasteiger partial charge in [0.1, 0.15) is 11.6 Å². The number of halogens is 2. The van der Waals surface area contributed by atoms with Crippen LogP contribution in [0.25, 0.3) is 10.9 Å². The predicted molar refractivity (Wildman–Crippen MR) is 146 cm³/mol. The van der Waals surface area contributed by atoms with Gasteiger partial charge in [-0.3, -0.25) is 4.79 Å². The Bertz CT molecular complexity index is 1380. The van der Waals surface area contributed by atoms with Gasteiger partial charge in [-0.25, -0.2) is 8.78 Å². The number of aryl methyl sites for hydroxylation is 1. The summed E-state index contributed by atoms with van der Waals surface area (Å²) in [6, 6.07) is 20.6. The van der Waals surface area contributed by atoms with Crippen molar-refractivity contribution in [2.24, 2.45) is 0 Å². The van der Waals surface area contributed by atoms with Gasteiger partial charge in [0.15, 0.2) is 5.78 Å². The summed E-state index contributed by atoms with van der Waals surface area (Å²) in [4.78, 5) is 13.7.